The molecular formula is C20H23N3O3S. The quantitative estimate of drug-likeness (QED) is 0.638. The fourth-order valence-electron chi connectivity index (χ4n) is 3.07. The number of pyridine rings is 1. The first-order chi connectivity index (χ1) is 12.8. The van der Waals surface area contributed by atoms with Crippen LogP contribution in [0.4, 0.5) is 0 Å². The van der Waals surface area contributed by atoms with Crippen molar-refractivity contribution in [2.75, 3.05) is 7.05 Å². The second kappa shape index (κ2) is 7.62. The van der Waals surface area contributed by atoms with Crippen LogP contribution < -0.4 is 0 Å². The molecule has 3 aromatic rings. The van der Waals surface area contributed by atoms with Gasteiger partial charge in [0.15, 0.2) is 11.7 Å². The molecule has 0 spiro atoms. The number of aryl methyl sites for hydroxylation is 2. The molecule has 0 saturated carbocycles. The summed E-state index contributed by atoms with van der Waals surface area (Å²) in [5, 5.41) is 0. The number of hydrogen-bond donors (Lipinski definition) is 0. The smallest absolute Gasteiger partial charge is 0.243 e. The molecule has 1 atom stereocenters. The van der Waals surface area contributed by atoms with Crippen LogP contribution in [0.15, 0.2) is 58.1 Å². The van der Waals surface area contributed by atoms with Gasteiger partial charge in [0.05, 0.1) is 22.8 Å². The number of rotatable bonds is 6. The minimum atomic E-state index is -3.72. The lowest BCUT2D eigenvalue weighted by Gasteiger charge is -2.27. The second-order valence-corrected chi connectivity index (χ2v) is 8.39. The Labute approximate surface area is 159 Å². The van der Waals surface area contributed by atoms with Crippen molar-refractivity contribution in [2.24, 2.45) is 0 Å². The molecule has 7 heteroatoms. The standard InChI is InChI=1S/C20H23N3O3S/c1-5-18(17-8-6-7-11-21-17)23(4)27(24,25)20-12-16(10-9-14(20)2)19-13-22-15(3)26-19/h6-13,18H,5H2,1-4H3. The average molecular weight is 385 g/mol. The number of sulfonamides is 1. The van der Waals surface area contributed by atoms with Gasteiger partial charge in [-0.2, -0.15) is 4.31 Å². The third kappa shape index (κ3) is 3.79. The Bertz CT molecular complexity index is 1030. The Balaban J connectivity index is 2.03. The van der Waals surface area contributed by atoms with Crippen molar-refractivity contribution >= 4 is 10.0 Å². The van der Waals surface area contributed by atoms with Gasteiger partial charge in [-0.05, 0) is 37.1 Å². The van der Waals surface area contributed by atoms with Crippen molar-refractivity contribution in [2.45, 2.75) is 38.1 Å². The molecule has 142 valence electrons. The molecule has 6 nitrogen and oxygen atoms in total. The normalized spacial score (nSPS) is 13.1. The summed E-state index contributed by atoms with van der Waals surface area (Å²) in [5.41, 5.74) is 2.09. The molecular weight excluding hydrogens is 362 g/mol. The third-order valence-electron chi connectivity index (χ3n) is 4.61. The summed E-state index contributed by atoms with van der Waals surface area (Å²) in [5.74, 6) is 1.08. The van der Waals surface area contributed by atoms with Gasteiger partial charge in [-0.1, -0.05) is 25.1 Å². The van der Waals surface area contributed by atoms with E-state index in [0.717, 1.165) is 5.69 Å². The predicted molar refractivity (Wildman–Crippen MR) is 104 cm³/mol. The molecule has 3 rings (SSSR count). The molecule has 0 fully saturated rings. The highest BCUT2D eigenvalue weighted by Gasteiger charge is 2.30. The van der Waals surface area contributed by atoms with E-state index in [4.69, 9.17) is 4.42 Å². The topological polar surface area (TPSA) is 76.3 Å². The van der Waals surface area contributed by atoms with Crippen LogP contribution in [0.3, 0.4) is 0 Å². The van der Waals surface area contributed by atoms with E-state index in [2.05, 4.69) is 9.97 Å². The molecule has 0 bridgehead atoms. The van der Waals surface area contributed by atoms with Gasteiger partial charge in [-0.3, -0.25) is 4.98 Å². The molecule has 0 N–H and O–H groups in total. The van der Waals surface area contributed by atoms with Crippen LogP contribution >= 0.6 is 0 Å². The molecule has 0 amide bonds. The van der Waals surface area contributed by atoms with E-state index in [1.165, 1.54) is 4.31 Å². The molecule has 0 saturated heterocycles. The van der Waals surface area contributed by atoms with Crippen LogP contribution in [-0.2, 0) is 10.0 Å². The Hall–Kier alpha value is -2.51. The average Bonchev–Trinajstić information content (AvgIpc) is 3.09. The van der Waals surface area contributed by atoms with Crippen LogP contribution in [0.2, 0.25) is 0 Å². The summed E-state index contributed by atoms with van der Waals surface area (Å²) in [4.78, 5) is 8.68. The van der Waals surface area contributed by atoms with Crippen LogP contribution in [-0.4, -0.2) is 29.7 Å². The first-order valence-corrected chi connectivity index (χ1v) is 10.2. The summed E-state index contributed by atoms with van der Waals surface area (Å²) in [6.07, 6.45) is 3.90. The molecule has 2 heterocycles. The van der Waals surface area contributed by atoms with Crippen molar-refractivity contribution in [3.05, 3.63) is 65.9 Å². The predicted octanol–water partition coefficient (Wildman–Crippen LogP) is 4.13. The molecule has 1 unspecified atom stereocenters. The maximum Gasteiger partial charge on any atom is 0.243 e. The summed E-state index contributed by atoms with van der Waals surface area (Å²) >= 11 is 0. The van der Waals surface area contributed by atoms with Gasteiger partial charge in [-0.15, -0.1) is 0 Å². The Morgan fingerprint density at radius 1 is 1.15 bits per heavy atom. The number of nitrogens with zero attached hydrogens (tertiary/aromatic N) is 3. The molecule has 27 heavy (non-hydrogen) atoms. The van der Waals surface area contributed by atoms with Gasteiger partial charge >= 0.3 is 0 Å². The maximum atomic E-state index is 13.4. The zero-order valence-electron chi connectivity index (χ0n) is 15.9. The van der Waals surface area contributed by atoms with Gasteiger partial charge in [0, 0.05) is 25.7 Å². The van der Waals surface area contributed by atoms with Crippen LogP contribution in [0.5, 0.6) is 0 Å². The maximum absolute atomic E-state index is 13.4. The molecule has 2 aromatic heterocycles. The van der Waals surface area contributed by atoms with Crippen LogP contribution in [0.25, 0.3) is 11.3 Å². The first-order valence-electron chi connectivity index (χ1n) is 8.77. The van der Waals surface area contributed by atoms with Crippen LogP contribution in [0.1, 0.15) is 36.5 Å². The molecule has 0 aliphatic heterocycles. The second-order valence-electron chi connectivity index (χ2n) is 6.42. The van der Waals surface area contributed by atoms with Gasteiger partial charge < -0.3 is 4.42 Å². The van der Waals surface area contributed by atoms with Crippen LogP contribution in [0, 0.1) is 13.8 Å². The monoisotopic (exact) mass is 385 g/mol. The summed E-state index contributed by atoms with van der Waals surface area (Å²) in [7, 11) is -2.12. The molecule has 0 radical (unpaired) electrons. The largest absolute Gasteiger partial charge is 0.441 e. The lowest BCUT2D eigenvalue weighted by molar-refractivity contribution is 0.360. The highest BCUT2D eigenvalue weighted by atomic mass is 32.2. The summed E-state index contributed by atoms with van der Waals surface area (Å²) in [6.45, 7) is 5.49. The van der Waals surface area contributed by atoms with Crippen molar-refractivity contribution < 1.29 is 12.8 Å². The number of hydrogen-bond acceptors (Lipinski definition) is 5. The summed E-state index contributed by atoms with van der Waals surface area (Å²) in [6, 6.07) is 10.5. The molecule has 0 aliphatic rings. The third-order valence-corrected chi connectivity index (χ3v) is 6.61. The van der Waals surface area contributed by atoms with Crippen molar-refractivity contribution in [3.63, 3.8) is 0 Å². The van der Waals surface area contributed by atoms with Crippen molar-refractivity contribution in [1.82, 2.24) is 14.3 Å². The summed E-state index contributed by atoms with van der Waals surface area (Å²) < 4.78 is 33.7. The van der Waals surface area contributed by atoms with Gasteiger partial charge in [0.25, 0.3) is 0 Å². The highest BCUT2D eigenvalue weighted by molar-refractivity contribution is 7.89. The van der Waals surface area contributed by atoms with E-state index in [9.17, 15) is 8.42 Å². The van der Waals surface area contributed by atoms with E-state index in [-0.39, 0.29) is 10.9 Å². The zero-order valence-corrected chi connectivity index (χ0v) is 16.7. The fraction of sp³-hybridized carbons (Fsp3) is 0.300. The number of aromatic nitrogens is 2. The number of benzene rings is 1. The van der Waals surface area contributed by atoms with Gasteiger partial charge in [0.2, 0.25) is 10.0 Å². The lowest BCUT2D eigenvalue weighted by Crippen LogP contribution is -2.32. The van der Waals surface area contributed by atoms with E-state index in [1.807, 2.05) is 31.2 Å². The molecule has 1 aromatic carbocycles. The Kier molecular flexibility index (Phi) is 5.43. The highest BCUT2D eigenvalue weighted by Crippen LogP contribution is 2.31. The zero-order chi connectivity index (χ0) is 19.6. The van der Waals surface area contributed by atoms with Gasteiger partial charge in [-0.25, -0.2) is 13.4 Å². The lowest BCUT2D eigenvalue weighted by atomic mass is 10.1. The van der Waals surface area contributed by atoms with Gasteiger partial charge in [0.1, 0.15) is 0 Å². The molecule has 0 aliphatic carbocycles. The minimum Gasteiger partial charge on any atom is -0.441 e. The van der Waals surface area contributed by atoms with E-state index >= 15 is 0 Å². The van der Waals surface area contributed by atoms with Crippen molar-refractivity contribution in [3.8, 4) is 11.3 Å². The Morgan fingerprint density at radius 3 is 2.52 bits per heavy atom. The Morgan fingerprint density at radius 2 is 1.93 bits per heavy atom. The van der Waals surface area contributed by atoms with E-state index in [1.54, 1.807) is 45.4 Å². The van der Waals surface area contributed by atoms with E-state index < -0.39 is 10.0 Å². The minimum absolute atomic E-state index is 0.255. The SMILES string of the molecule is CCC(c1ccccn1)N(C)S(=O)(=O)c1cc(-c2cnc(C)o2)ccc1C. The van der Waals surface area contributed by atoms with E-state index in [0.29, 0.717) is 29.2 Å². The van der Waals surface area contributed by atoms with Crippen molar-refractivity contribution in [1.29, 1.82) is 0 Å². The first kappa shape index (κ1) is 19.3. The number of oxazole rings is 1. The fourth-order valence-corrected chi connectivity index (χ4v) is 4.73.